The first-order valence-electron chi connectivity index (χ1n) is 5.52. The van der Waals surface area contributed by atoms with Crippen molar-refractivity contribution in [3.8, 4) is 0 Å². The Morgan fingerprint density at radius 2 is 2.10 bits per heavy atom. The van der Waals surface area contributed by atoms with Crippen LogP contribution in [0.3, 0.4) is 0 Å². The van der Waals surface area contributed by atoms with Gasteiger partial charge in [-0.1, -0.05) is 23.2 Å². The Kier molecular flexibility index (Phi) is 4.24. The minimum Gasteiger partial charge on any atom is -0.384 e. The van der Waals surface area contributed by atoms with Crippen LogP contribution < -0.4 is 10.5 Å². The van der Waals surface area contributed by atoms with E-state index in [2.05, 4.69) is 9.82 Å². The number of nitrogen functional groups attached to an aromatic ring is 1. The Hall–Kier alpha value is -1.28. The maximum atomic E-state index is 12.2. The zero-order chi connectivity index (χ0) is 14.9. The normalized spacial score (nSPS) is 11.8. The van der Waals surface area contributed by atoms with Crippen LogP contribution in [-0.2, 0) is 23.6 Å². The van der Waals surface area contributed by atoms with Gasteiger partial charge in [0.1, 0.15) is 10.7 Å². The highest BCUT2D eigenvalue weighted by molar-refractivity contribution is 7.89. The second kappa shape index (κ2) is 5.61. The van der Waals surface area contributed by atoms with E-state index in [1.54, 1.807) is 7.05 Å². The first kappa shape index (κ1) is 15.1. The van der Waals surface area contributed by atoms with Gasteiger partial charge in [-0.05, 0) is 18.2 Å². The third kappa shape index (κ3) is 3.06. The van der Waals surface area contributed by atoms with Crippen molar-refractivity contribution in [1.82, 2.24) is 14.5 Å². The molecule has 2 aromatic rings. The molecule has 0 unspecified atom stereocenters. The number of hydrogen-bond donors (Lipinski definition) is 2. The highest BCUT2D eigenvalue weighted by Crippen LogP contribution is 2.25. The molecule has 0 aliphatic carbocycles. The molecule has 0 radical (unpaired) electrons. The van der Waals surface area contributed by atoms with Crippen LogP contribution in [0, 0.1) is 0 Å². The van der Waals surface area contributed by atoms with Crippen molar-refractivity contribution in [3.63, 3.8) is 0 Å². The maximum absolute atomic E-state index is 12.2. The van der Waals surface area contributed by atoms with Crippen LogP contribution in [0.15, 0.2) is 29.3 Å². The van der Waals surface area contributed by atoms with Gasteiger partial charge in [-0.3, -0.25) is 4.68 Å². The minimum absolute atomic E-state index is 0.0187. The first-order valence-corrected chi connectivity index (χ1v) is 7.76. The molecule has 2 rings (SSSR count). The number of aromatic nitrogens is 2. The van der Waals surface area contributed by atoms with E-state index in [0.717, 1.165) is 0 Å². The van der Waals surface area contributed by atoms with Gasteiger partial charge in [0.05, 0.1) is 11.2 Å². The average Bonchev–Trinajstić information content (AvgIpc) is 2.70. The molecule has 1 aromatic carbocycles. The SMILES string of the molecule is Cn1ncc(CNS(=O)(=O)c2cc(Cl)ccc2Cl)c1N. The Balaban J connectivity index is 2.24. The summed E-state index contributed by atoms with van der Waals surface area (Å²) in [4.78, 5) is -0.0749. The molecule has 0 aliphatic heterocycles. The lowest BCUT2D eigenvalue weighted by Gasteiger charge is -2.08. The van der Waals surface area contributed by atoms with Gasteiger partial charge >= 0.3 is 0 Å². The molecule has 0 saturated carbocycles. The minimum atomic E-state index is -3.78. The Bertz CT molecular complexity index is 743. The third-order valence-electron chi connectivity index (χ3n) is 2.70. The van der Waals surface area contributed by atoms with Gasteiger partial charge in [-0.15, -0.1) is 0 Å². The monoisotopic (exact) mass is 334 g/mol. The quantitative estimate of drug-likeness (QED) is 0.891. The molecule has 0 fully saturated rings. The summed E-state index contributed by atoms with van der Waals surface area (Å²) in [5.74, 6) is 0.393. The second-order valence-corrected chi connectivity index (χ2v) is 6.66. The number of nitrogens with one attached hydrogen (secondary N) is 1. The zero-order valence-corrected chi connectivity index (χ0v) is 12.8. The predicted octanol–water partition coefficient (Wildman–Crippen LogP) is 1.79. The number of hydrogen-bond acceptors (Lipinski definition) is 4. The number of nitrogens with zero attached hydrogens (tertiary/aromatic N) is 2. The van der Waals surface area contributed by atoms with Crippen LogP contribution in [-0.4, -0.2) is 18.2 Å². The highest BCUT2D eigenvalue weighted by atomic mass is 35.5. The van der Waals surface area contributed by atoms with Crippen molar-refractivity contribution in [2.45, 2.75) is 11.4 Å². The summed E-state index contributed by atoms with van der Waals surface area (Å²) >= 11 is 11.7. The molecular weight excluding hydrogens is 323 g/mol. The number of aryl methyl sites for hydroxylation is 1. The van der Waals surface area contributed by atoms with E-state index in [9.17, 15) is 8.42 Å². The van der Waals surface area contributed by atoms with Gasteiger partial charge in [0.25, 0.3) is 0 Å². The number of anilines is 1. The van der Waals surface area contributed by atoms with E-state index in [1.165, 1.54) is 29.1 Å². The molecule has 108 valence electrons. The largest absolute Gasteiger partial charge is 0.384 e. The van der Waals surface area contributed by atoms with Crippen molar-refractivity contribution >= 4 is 39.0 Å². The van der Waals surface area contributed by atoms with Crippen LogP contribution in [0.4, 0.5) is 5.82 Å². The van der Waals surface area contributed by atoms with Gasteiger partial charge in [0.15, 0.2) is 0 Å². The summed E-state index contributed by atoms with van der Waals surface area (Å²) in [5, 5.41) is 4.32. The number of rotatable bonds is 4. The molecule has 0 spiro atoms. The molecule has 0 amide bonds. The van der Waals surface area contributed by atoms with Crippen molar-refractivity contribution < 1.29 is 8.42 Å². The van der Waals surface area contributed by atoms with E-state index < -0.39 is 10.0 Å². The average molecular weight is 335 g/mol. The van der Waals surface area contributed by atoms with Gasteiger partial charge in [0, 0.05) is 24.2 Å². The highest BCUT2D eigenvalue weighted by Gasteiger charge is 2.19. The standard InChI is InChI=1S/C11H12Cl2N4O2S/c1-17-11(14)7(5-15-17)6-16-20(18,19)10-4-8(12)2-3-9(10)13/h2-5,16H,6,14H2,1H3. The maximum Gasteiger partial charge on any atom is 0.242 e. The van der Waals surface area contributed by atoms with E-state index in [0.29, 0.717) is 11.4 Å². The first-order chi connectivity index (χ1) is 9.31. The molecule has 6 nitrogen and oxygen atoms in total. The smallest absolute Gasteiger partial charge is 0.242 e. The molecular formula is C11H12Cl2N4O2S. The fourth-order valence-corrected chi connectivity index (χ4v) is 3.33. The molecule has 0 aliphatic rings. The number of halogens is 2. The molecule has 0 saturated heterocycles. The lowest BCUT2D eigenvalue weighted by atomic mass is 10.3. The van der Waals surface area contributed by atoms with Crippen LogP contribution in [0.25, 0.3) is 0 Å². The summed E-state index contributed by atoms with van der Waals surface area (Å²) < 4.78 is 28.2. The lowest BCUT2D eigenvalue weighted by molar-refractivity contribution is 0.581. The van der Waals surface area contributed by atoms with Crippen molar-refractivity contribution in [2.75, 3.05) is 5.73 Å². The van der Waals surface area contributed by atoms with E-state index in [1.807, 2.05) is 0 Å². The van der Waals surface area contributed by atoms with Crippen LogP contribution in [0.2, 0.25) is 10.0 Å². The fourth-order valence-electron chi connectivity index (χ4n) is 1.56. The van der Waals surface area contributed by atoms with E-state index >= 15 is 0 Å². The number of nitrogens with two attached hydrogens (primary N) is 1. The van der Waals surface area contributed by atoms with Gasteiger partial charge < -0.3 is 5.73 Å². The van der Waals surface area contributed by atoms with Crippen molar-refractivity contribution in [3.05, 3.63) is 40.0 Å². The van der Waals surface area contributed by atoms with E-state index in [-0.39, 0.29) is 21.5 Å². The fraction of sp³-hybridized carbons (Fsp3) is 0.182. The van der Waals surface area contributed by atoms with Gasteiger partial charge in [-0.2, -0.15) is 5.10 Å². The zero-order valence-electron chi connectivity index (χ0n) is 10.5. The summed E-state index contributed by atoms with van der Waals surface area (Å²) in [6.07, 6.45) is 1.50. The number of benzene rings is 1. The molecule has 20 heavy (non-hydrogen) atoms. The van der Waals surface area contributed by atoms with Crippen molar-refractivity contribution in [2.24, 2.45) is 7.05 Å². The van der Waals surface area contributed by atoms with Crippen LogP contribution in [0.1, 0.15) is 5.56 Å². The van der Waals surface area contributed by atoms with Crippen LogP contribution >= 0.6 is 23.2 Å². The Labute approximate surface area is 126 Å². The molecule has 9 heteroatoms. The summed E-state index contributed by atoms with van der Waals surface area (Å²) in [6, 6.07) is 4.23. The second-order valence-electron chi connectivity index (χ2n) is 4.08. The van der Waals surface area contributed by atoms with Gasteiger partial charge in [0.2, 0.25) is 10.0 Å². The summed E-state index contributed by atoms with van der Waals surface area (Å²) in [5.41, 5.74) is 6.32. The van der Waals surface area contributed by atoms with Crippen molar-refractivity contribution in [1.29, 1.82) is 0 Å². The number of sulfonamides is 1. The van der Waals surface area contributed by atoms with E-state index in [4.69, 9.17) is 28.9 Å². The molecule has 1 aromatic heterocycles. The summed E-state index contributed by atoms with van der Waals surface area (Å²) in [7, 11) is -2.11. The molecule has 0 bridgehead atoms. The van der Waals surface area contributed by atoms with Crippen LogP contribution in [0.5, 0.6) is 0 Å². The third-order valence-corrected chi connectivity index (χ3v) is 4.82. The van der Waals surface area contributed by atoms with Gasteiger partial charge in [-0.25, -0.2) is 13.1 Å². The predicted molar refractivity (Wildman–Crippen MR) is 78.1 cm³/mol. The molecule has 1 heterocycles. The Morgan fingerprint density at radius 1 is 1.40 bits per heavy atom. The molecule has 3 N–H and O–H groups in total. The topological polar surface area (TPSA) is 90.0 Å². The summed E-state index contributed by atoms with van der Waals surface area (Å²) in [6.45, 7) is 0.0187. The molecule has 0 atom stereocenters. The lowest BCUT2D eigenvalue weighted by Crippen LogP contribution is -2.24. The Morgan fingerprint density at radius 3 is 2.70 bits per heavy atom.